The Morgan fingerprint density at radius 2 is 1.96 bits per heavy atom. The third-order valence-corrected chi connectivity index (χ3v) is 5.20. The van der Waals surface area contributed by atoms with Gasteiger partial charge < -0.3 is 15.8 Å². The summed E-state index contributed by atoms with van der Waals surface area (Å²) in [5.41, 5.74) is 8.63. The van der Waals surface area contributed by atoms with Crippen LogP contribution < -0.4 is 15.8 Å². The van der Waals surface area contributed by atoms with Gasteiger partial charge in [0, 0.05) is 24.7 Å². The third kappa shape index (κ3) is 4.34. The largest absolute Gasteiger partial charge is 0.496 e. The zero-order valence-corrected chi connectivity index (χ0v) is 16.4. The number of hydrogen-bond acceptors (Lipinski definition) is 4. The van der Waals surface area contributed by atoms with Crippen LogP contribution in [0.3, 0.4) is 0 Å². The van der Waals surface area contributed by atoms with E-state index >= 15 is 0 Å². The standard InChI is InChI=1S/C22H27N3O3/c1-3-10-25-14-17-7-5-4-6-15(17)11-18(25)13-24-22(27)19-12-16(21(23)26)8-9-20(19)28-2/h4-9,12,18H,3,10-11,13-14H2,1-2H3,(H2,23,26)(H,24,27)/t18-/m0/s1. The first-order valence-corrected chi connectivity index (χ1v) is 9.60. The van der Waals surface area contributed by atoms with Gasteiger partial charge in [-0.15, -0.1) is 0 Å². The molecule has 0 radical (unpaired) electrons. The van der Waals surface area contributed by atoms with Gasteiger partial charge in [0.2, 0.25) is 5.91 Å². The summed E-state index contributed by atoms with van der Waals surface area (Å²) >= 11 is 0. The van der Waals surface area contributed by atoms with Crippen LogP contribution in [0.15, 0.2) is 42.5 Å². The molecule has 2 aromatic carbocycles. The van der Waals surface area contributed by atoms with E-state index in [2.05, 4.69) is 41.4 Å². The zero-order chi connectivity index (χ0) is 20.1. The topological polar surface area (TPSA) is 84.7 Å². The molecule has 2 amide bonds. The Bertz CT molecular complexity index is 866. The lowest BCUT2D eigenvalue weighted by atomic mass is 9.93. The summed E-state index contributed by atoms with van der Waals surface area (Å²) in [5.74, 6) is -0.424. The van der Waals surface area contributed by atoms with Gasteiger partial charge in [0.1, 0.15) is 5.75 Å². The fraction of sp³-hybridized carbons (Fsp3) is 0.364. The highest BCUT2D eigenvalue weighted by molar-refractivity contribution is 6.01. The van der Waals surface area contributed by atoms with Crippen molar-refractivity contribution in [1.29, 1.82) is 0 Å². The molecule has 0 unspecified atom stereocenters. The van der Waals surface area contributed by atoms with Crippen LogP contribution >= 0.6 is 0 Å². The molecule has 3 N–H and O–H groups in total. The van der Waals surface area contributed by atoms with Crippen molar-refractivity contribution in [3.05, 3.63) is 64.7 Å². The number of carbonyl (C=O) groups is 2. The van der Waals surface area contributed by atoms with Crippen LogP contribution in [0.4, 0.5) is 0 Å². The van der Waals surface area contributed by atoms with Crippen molar-refractivity contribution in [3.63, 3.8) is 0 Å². The van der Waals surface area contributed by atoms with Crippen molar-refractivity contribution in [3.8, 4) is 5.75 Å². The van der Waals surface area contributed by atoms with E-state index in [0.29, 0.717) is 17.9 Å². The van der Waals surface area contributed by atoms with Gasteiger partial charge in [-0.05, 0) is 48.7 Å². The van der Waals surface area contributed by atoms with E-state index in [9.17, 15) is 9.59 Å². The Hall–Kier alpha value is -2.86. The molecule has 0 aliphatic carbocycles. The Balaban J connectivity index is 1.74. The van der Waals surface area contributed by atoms with Gasteiger partial charge >= 0.3 is 0 Å². The van der Waals surface area contributed by atoms with Crippen LogP contribution in [0.5, 0.6) is 5.75 Å². The summed E-state index contributed by atoms with van der Waals surface area (Å²) in [6.07, 6.45) is 1.95. The predicted molar refractivity (Wildman–Crippen MR) is 108 cm³/mol. The summed E-state index contributed by atoms with van der Waals surface area (Å²) in [5, 5.41) is 3.02. The number of carbonyl (C=O) groups excluding carboxylic acids is 2. The van der Waals surface area contributed by atoms with Gasteiger partial charge in [-0.2, -0.15) is 0 Å². The molecule has 0 aromatic heterocycles. The fourth-order valence-electron chi connectivity index (χ4n) is 3.74. The summed E-state index contributed by atoms with van der Waals surface area (Å²) in [7, 11) is 1.50. The summed E-state index contributed by atoms with van der Waals surface area (Å²) < 4.78 is 5.28. The van der Waals surface area contributed by atoms with Crippen LogP contribution in [0, 0.1) is 0 Å². The Morgan fingerprint density at radius 3 is 2.64 bits per heavy atom. The van der Waals surface area contributed by atoms with Crippen molar-refractivity contribution in [2.75, 3.05) is 20.2 Å². The van der Waals surface area contributed by atoms with E-state index in [1.54, 1.807) is 12.1 Å². The van der Waals surface area contributed by atoms with E-state index in [1.165, 1.54) is 24.3 Å². The van der Waals surface area contributed by atoms with E-state index in [0.717, 1.165) is 25.9 Å². The molecule has 1 aliphatic rings. The van der Waals surface area contributed by atoms with Gasteiger partial charge in [-0.3, -0.25) is 14.5 Å². The van der Waals surface area contributed by atoms with Gasteiger partial charge in [0.05, 0.1) is 12.7 Å². The normalized spacial score (nSPS) is 16.3. The highest BCUT2D eigenvalue weighted by atomic mass is 16.5. The second-order valence-electron chi connectivity index (χ2n) is 7.09. The lowest BCUT2D eigenvalue weighted by Gasteiger charge is -2.37. The Labute approximate surface area is 165 Å². The second kappa shape index (κ2) is 8.89. The van der Waals surface area contributed by atoms with Gasteiger partial charge in [-0.1, -0.05) is 31.2 Å². The first kappa shape index (κ1) is 19.9. The average molecular weight is 381 g/mol. The summed E-state index contributed by atoms with van der Waals surface area (Å²) in [6, 6.07) is 13.3. The minimum Gasteiger partial charge on any atom is -0.496 e. The number of nitrogens with one attached hydrogen (secondary N) is 1. The molecular weight excluding hydrogens is 354 g/mol. The molecule has 0 fully saturated rings. The van der Waals surface area contributed by atoms with Crippen molar-refractivity contribution < 1.29 is 14.3 Å². The molecule has 0 bridgehead atoms. The zero-order valence-electron chi connectivity index (χ0n) is 16.4. The molecule has 28 heavy (non-hydrogen) atoms. The maximum Gasteiger partial charge on any atom is 0.255 e. The van der Waals surface area contributed by atoms with Gasteiger partial charge in [0.15, 0.2) is 0 Å². The van der Waals surface area contributed by atoms with Gasteiger partial charge in [-0.25, -0.2) is 0 Å². The van der Waals surface area contributed by atoms with Crippen LogP contribution in [-0.2, 0) is 13.0 Å². The molecule has 1 atom stereocenters. The fourth-order valence-corrected chi connectivity index (χ4v) is 3.74. The average Bonchev–Trinajstić information content (AvgIpc) is 2.71. The SMILES string of the molecule is CCCN1Cc2ccccc2C[C@H]1CNC(=O)c1cc(C(N)=O)ccc1OC. The Morgan fingerprint density at radius 1 is 1.21 bits per heavy atom. The number of nitrogens with two attached hydrogens (primary N) is 1. The number of benzene rings is 2. The lowest BCUT2D eigenvalue weighted by Crippen LogP contribution is -2.47. The number of nitrogens with zero attached hydrogens (tertiary/aromatic N) is 1. The molecular formula is C22H27N3O3. The predicted octanol–water partition coefficient (Wildman–Crippen LogP) is 2.36. The highest BCUT2D eigenvalue weighted by Crippen LogP contribution is 2.24. The Kier molecular flexibility index (Phi) is 6.31. The number of rotatable bonds is 7. The molecule has 6 heteroatoms. The molecule has 148 valence electrons. The van der Waals surface area contributed by atoms with Gasteiger partial charge in [0.25, 0.3) is 5.91 Å². The second-order valence-corrected chi connectivity index (χ2v) is 7.09. The van der Waals surface area contributed by atoms with Crippen LogP contribution in [0.2, 0.25) is 0 Å². The number of ether oxygens (including phenoxy) is 1. The molecule has 0 spiro atoms. The minimum atomic E-state index is -0.574. The molecule has 2 aromatic rings. The molecule has 1 aliphatic heterocycles. The van der Waals surface area contributed by atoms with E-state index < -0.39 is 5.91 Å². The van der Waals surface area contributed by atoms with Crippen molar-refractivity contribution in [1.82, 2.24) is 10.2 Å². The van der Waals surface area contributed by atoms with E-state index in [4.69, 9.17) is 10.5 Å². The van der Waals surface area contributed by atoms with Crippen molar-refractivity contribution in [2.45, 2.75) is 32.4 Å². The van der Waals surface area contributed by atoms with Crippen molar-refractivity contribution >= 4 is 11.8 Å². The molecule has 6 nitrogen and oxygen atoms in total. The number of hydrogen-bond donors (Lipinski definition) is 2. The molecule has 0 saturated heterocycles. The summed E-state index contributed by atoms with van der Waals surface area (Å²) in [4.78, 5) is 26.7. The monoisotopic (exact) mass is 381 g/mol. The van der Waals surface area contributed by atoms with E-state index in [1.807, 2.05) is 0 Å². The minimum absolute atomic E-state index is 0.226. The smallest absolute Gasteiger partial charge is 0.255 e. The first-order valence-electron chi connectivity index (χ1n) is 9.60. The molecule has 1 heterocycles. The number of methoxy groups -OCH3 is 1. The highest BCUT2D eigenvalue weighted by Gasteiger charge is 2.26. The number of amides is 2. The summed E-state index contributed by atoms with van der Waals surface area (Å²) in [6.45, 7) is 4.56. The van der Waals surface area contributed by atoms with Crippen LogP contribution in [0.25, 0.3) is 0 Å². The van der Waals surface area contributed by atoms with Crippen LogP contribution in [0.1, 0.15) is 45.2 Å². The first-order chi connectivity index (χ1) is 13.5. The molecule has 3 rings (SSSR count). The quantitative estimate of drug-likeness (QED) is 0.771. The van der Waals surface area contributed by atoms with E-state index in [-0.39, 0.29) is 17.5 Å². The maximum absolute atomic E-state index is 12.8. The number of fused-ring (bicyclic) bond motifs is 1. The van der Waals surface area contributed by atoms with Crippen molar-refractivity contribution in [2.24, 2.45) is 5.73 Å². The number of primary amides is 1. The third-order valence-electron chi connectivity index (χ3n) is 5.20. The van der Waals surface area contributed by atoms with Crippen LogP contribution in [-0.4, -0.2) is 43.0 Å². The molecule has 0 saturated carbocycles. The maximum atomic E-state index is 12.8. The lowest BCUT2D eigenvalue weighted by molar-refractivity contribution is 0.0922.